The molecule has 0 aliphatic rings. The third kappa shape index (κ3) is 3.54. The van der Waals surface area contributed by atoms with Gasteiger partial charge in [0.1, 0.15) is 11.6 Å². The average molecular weight is 286 g/mol. The number of ether oxygens (including phenoxy) is 1. The van der Waals surface area contributed by atoms with Crippen molar-refractivity contribution in [2.24, 2.45) is 5.73 Å². The van der Waals surface area contributed by atoms with Gasteiger partial charge in [-0.3, -0.25) is 5.41 Å². The molecular weight excluding hydrogens is 268 g/mol. The second-order valence-electron chi connectivity index (χ2n) is 4.55. The normalized spacial score (nSPS) is 10.3. The van der Waals surface area contributed by atoms with Gasteiger partial charge in [0.15, 0.2) is 0 Å². The molecule has 4 heteroatoms. The summed E-state index contributed by atoms with van der Waals surface area (Å²) < 4.78 is 5.24. The van der Waals surface area contributed by atoms with Gasteiger partial charge in [0.05, 0.1) is 7.11 Å². The van der Waals surface area contributed by atoms with E-state index in [1.54, 1.807) is 18.9 Å². The van der Waals surface area contributed by atoms with Gasteiger partial charge in [-0.2, -0.15) is 0 Å². The molecule has 2 rings (SSSR count). The van der Waals surface area contributed by atoms with Crippen molar-refractivity contribution in [3.63, 3.8) is 0 Å². The lowest BCUT2D eigenvalue weighted by molar-refractivity contribution is 0.413. The summed E-state index contributed by atoms with van der Waals surface area (Å²) in [5.74, 6) is 1.70. The Hall–Kier alpha value is -1.94. The van der Waals surface area contributed by atoms with Gasteiger partial charge in [-0.15, -0.1) is 11.8 Å². The number of nitrogens with one attached hydrogen (secondary N) is 1. The highest BCUT2D eigenvalue weighted by molar-refractivity contribution is 7.98. The molecule has 0 amide bonds. The number of benzene rings is 2. The molecule has 0 unspecified atom stereocenters. The fourth-order valence-electron chi connectivity index (χ4n) is 1.93. The molecule has 20 heavy (non-hydrogen) atoms. The molecule has 2 aromatic rings. The van der Waals surface area contributed by atoms with Crippen LogP contribution in [0.2, 0.25) is 0 Å². The minimum Gasteiger partial charge on any atom is -0.497 e. The van der Waals surface area contributed by atoms with E-state index in [0.717, 1.165) is 22.0 Å². The number of aryl methyl sites for hydroxylation is 1. The third-order valence-electron chi connectivity index (χ3n) is 2.96. The molecule has 0 aliphatic carbocycles. The molecule has 0 fully saturated rings. The number of amidine groups is 1. The van der Waals surface area contributed by atoms with Gasteiger partial charge < -0.3 is 10.5 Å². The molecular formula is C16H18N2OS. The molecule has 0 saturated heterocycles. The van der Waals surface area contributed by atoms with Crippen molar-refractivity contribution in [1.29, 1.82) is 5.41 Å². The van der Waals surface area contributed by atoms with E-state index >= 15 is 0 Å². The fraction of sp³-hybridized carbons (Fsp3) is 0.188. The van der Waals surface area contributed by atoms with E-state index in [9.17, 15) is 0 Å². The van der Waals surface area contributed by atoms with E-state index in [1.165, 1.54) is 11.1 Å². The van der Waals surface area contributed by atoms with Gasteiger partial charge in [0.25, 0.3) is 0 Å². The van der Waals surface area contributed by atoms with Crippen LogP contribution in [0.25, 0.3) is 0 Å². The molecule has 3 nitrogen and oxygen atoms in total. The largest absolute Gasteiger partial charge is 0.497 e. The summed E-state index contributed by atoms with van der Waals surface area (Å²) in [7, 11) is 1.64. The Balaban J connectivity index is 2.21. The number of hydrogen-bond acceptors (Lipinski definition) is 3. The van der Waals surface area contributed by atoms with Crippen molar-refractivity contribution in [3.8, 4) is 5.75 Å². The molecule has 3 N–H and O–H groups in total. The molecule has 0 radical (unpaired) electrons. The molecule has 104 valence electrons. The van der Waals surface area contributed by atoms with Crippen molar-refractivity contribution in [2.45, 2.75) is 17.6 Å². The molecule has 0 saturated carbocycles. The van der Waals surface area contributed by atoms with Gasteiger partial charge in [0.2, 0.25) is 0 Å². The van der Waals surface area contributed by atoms with Crippen molar-refractivity contribution < 1.29 is 4.74 Å². The molecule has 0 atom stereocenters. The first-order chi connectivity index (χ1) is 9.60. The van der Waals surface area contributed by atoms with E-state index in [-0.39, 0.29) is 5.84 Å². The van der Waals surface area contributed by atoms with Crippen LogP contribution in [-0.4, -0.2) is 12.9 Å². The highest BCUT2D eigenvalue weighted by atomic mass is 32.2. The Morgan fingerprint density at radius 1 is 1.25 bits per heavy atom. The van der Waals surface area contributed by atoms with Crippen molar-refractivity contribution >= 4 is 17.6 Å². The van der Waals surface area contributed by atoms with Crippen LogP contribution in [0.3, 0.4) is 0 Å². The highest BCUT2D eigenvalue weighted by Gasteiger charge is 2.08. The topological polar surface area (TPSA) is 59.1 Å². The van der Waals surface area contributed by atoms with Crippen molar-refractivity contribution in [3.05, 3.63) is 59.2 Å². The van der Waals surface area contributed by atoms with Crippen LogP contribution >= 0.6 is 11.8 Å². The fourth-order valence-corrected chi connectivity index (χ4v) is 2.97. The van der Waals surface area contributed by atoms with Gasteiger partial charge >= 0.3 is 0 Å². The molecule has 0 aromatic heterocycles. The van der Waals surface area contributed by atoms with E-state index in [2.05, 4.69) is 31.2 Å². The number of nitrogen functional groups attached to an aromatic ring is 1. The lowest BCUT2D eigenvalue weighted by atomic mass is 10.2. The number of thioether (sulfide) groups is 1. The SMILES string of the molecule is COc1ccc(C(=N)N)c(SCc2cccc(C)c2)c1. The maximum Gasteiger partial charge on any atom is 0.123 e. The van der Waals surface area contributed by atoms with E-state index in [4.69, 9.17) is 15.9 Å². The zero-order valence-electron chi connectivity index (χ0n) is 11.6. The summed E-state index contributed by atoms with van der Waals surface area (Å²) in [6.07, 6.45) is 0. The Morgan fingerprint density at radius 3 is 2.70 bits per heavy atom. The van der Waals surface area contributed by atoms with Crippen LogP contribution in [0.4, 0.5) is 0 Å². The molecule has 0 bridgehead atoms. The minimum atomic E-state index is 0.0828. The quantitative estimate of drug-likeness (QED) is 0.502. The smallest absolute Gasteiger partial charge is 0.123 e. The van der Waals surface area contributed by atoms with Crippen LogP contribution in [0.1, 0.15) is 16.7 Å². The van der Waals surface area contributed by atoms with Gasteiger partial charge in [-0.1, -0.05) is 29.8 Å². The summed E-state index contributed by atoms with van der Waals surface area (Å²) in [6, 6.07) is 14.0. The first-order valence-corrected chi connectivity index (χ1v) is 7.29. The van der Waals surface area contributed by atoms with Crippen LogP contribution in [-0.2, 0) is 5.75 Å². The minimum absolute atomic E-state index is 0.0828. The highest BCUT2D eigenvalue weighted by Crippen LogP contribution is 2.29. The van der Waals surface area contributed by atoms with Gasteiger partial charge in [0, 0.05) is 16.2 Å². The molecule has 0 aliphatic heterocycles. The van der Waals surface area contributed by atoms with Crippen molar-refractivity contribution in [1.82, 2.24) is 0 Å². The van der Waals surface area contributed by atoms with E-state index < -0.39 is 0 Å². The summed E-state index contributed by atoms with van der Waals surface area (Å²) in [5, 5.41) is 7.64. The lowest BCUT2D eigenvalue weighted by Gasteiger charge is -2.10. The Kier molecular flexibility index (Phi) is 4.69. The van der Waals surface area contributed by atoms with Crippen LogP contribution < -0.4 is 10.5 Å². The molecule has 0 heterocycles. The molecule has 0 spiro atoms. The standard InChI is InChI=1S/C16H18N2OS/c1-11-4-3-5-12(8-11)10-20-15-9-13(19-2)6-7-14(15)16(17)18/h3-9H,10H2,1-2H3,(H3,17,18). The number of nitrogens with two attached hydrogens (primary N) is 1. The summed E-state index contributed by atoms with van der Waals surface area (Å²) in [5.41, 5.74) is 8.89. The van der Waals surface area contributed by atoms with E-state index in [1.807, 2.05) is 18.2 Å². The molecule has 2 aromatic carbocycles. The second-order valence-corrected chi connectivity index (χ2v) is 5.57. The average Bonchev–Trinajstić information content (AvgIpc) is 2.44. The zero-order chi connectivity index (χ0) is 14.5. The van der Waals surface area contributed by atoms with Crippen LogP contribution in [0.5, 0.6) is 5.75 Å². The van der Waals surface area contributed by atoms with Gasteiger partial charge in [-0.25, -0.2) is 0 Å². The predicted molar refractivity (Wildman–Crippen MR) is 84.8 cm³/mol. The maximum absolute atomic E-state index is 7.64. The third-order valence-corrected chi connectivity index (χ3v) is 4.08. The van der Waals surface area contributed by atoms with Crippen LogP contribution in [0, 0.1) is 12.3 Å². The summed E-state index contributed by atoms with van der Waals surface area (Å²) in [4.78, 5) is 0.971. The number of rotatable bonds is 5. The lowest BCUT2D eigenvalue weighted by Crippen LogP contribution is -2.12. The Labute approximate surface area is 123 Å². The predicted octanol–water partition coefficient (Wildman–Crippen LogP) is 3.58. The first-order valence-electron chi connectivity index (χ1n) is 6.31. The maximum atomic E-state index is 7.64. The summed E-state index contributed by atoms with van der Waals surface area (Å²) >= 11 is 1.67. The van der Waals surface area contributed by atoms with Crippen molar-refractivity contribution in [2.75, 3.05) is 7.11 Å². The zero-order valence-corrected chi connectivity index (χ0v) is 12.5. The number of hydrogen-bond donors (Lipinski definition) is 2. The number of methoxy groups -OCH3 is 1. The Bertz CT molecular complexity index is 626. The second kappa shape index (κ2) is 6.48. The van der Waals surface area contributed by atoms with Crippen LogP contribution in [0.15, 0.2) is 47.4 Å². The Morgan fingerprint density at radius 2 is 2.05 bits per heavy atom. The van der Waals surface area contributed by atoms with E-state index in [0.29, 0.717) is 0 Å². The summed E-state index contributed by atoms with van der Waals surface area (Å²) in [6.45, 7) is 2.08. The monoisotopic (exact) mass is 286 g/mol. The first kappa shape index (κ1) is 14.5. The van der Waals surface area contributed by atoms with Gasteiger partial charge in [-0.05, 0) is 30.7 Å².